The number of aryl methyl sites for hydroxylation is 1. The molecule has 0 aliphatic rings. The van der Waals surface area contributed by atoms with E-state index < -0.39 is 17.5 Å². The highest BCUT2D eigenvalue weighted by atomic mass is 32.1. The number of benzene rings is 3. The van der Waals surface area contributed by atoms with Crippen LogP contribution in [0.15, 0.2) is 71.7 Å². The smallest absolute Gasteiger partial charge is 0.166 e. The molecule has 5 heteroatoms. The van der Waals surface area contributed by atoms with Gasteiger partial charge in [0.2, 0.25) is 0 Å². The summed E-state index contributed by atoms with van der Waals surface area (Å²) in [5, 5.41) is 2.12. The summed E-state index contributed by atoms with van der Waals surface area (Å²) in [6.45, 7) is 2.14. The van der Waals surface area contributed by atoms with Crippen molar-refractivity contribution in [2.75, 3.05) is 0 Å². The highest BCUT2D eigenvalue weighted by Crippen LogP contribution is 2.29. The number of rotatable bonds is 7. The molecule has 0 heterocycles. The van der Waals surface area contributed by atoms with Crippen LogP contribution >= 0.6 is 12.2 Å². The van der Waals surface area contributed by atoms with E-state index in [1.165, 1.54) is 24.3 Å². The average Bonchev–Trinajstić information content (AvgIpc) is 2.84. The number of hydrogen-bond donors (Lipinski definition) is 0. The van der Waals surface area contributed by atoms with Gasteiger partial charge < -0.3 is 0 Å². The largest absolute Gasteiger partial charge is 0.205 e. The topological polar surface area (TPSA) is 12.4 Å². The van der Waals surface area contributed by atoms with Gasteiger partial charge in [-0.1, -0.05) is 68.0 Å². The Bertz CT molecular complexity index is 1240. The average molecular weight is 462 g/mol. The molecule has 0 N–H and O–H groups in total. The summed E-state index contributed by atoms with van der Waals surface area (Å²) in [7, 11) is 0. The molecule has 1 nitrogen and oxygen atoms in total. The molecule has 166 valence electrons. The zero-order valence-electron chi connectivity index (χ0n) is 18.2. The minimum Gasteiger partial charge on any atom is -0.205 e. The van der Waals surface area contributed by atoms with Gasteiger partial charge in [0.25, 0.3) is 0 Å². The van der Waals surface area contributed by atoms with Crippen LogP contribution in [0.25, 0.3) is 11.7 Å². The SMILES string of the molecule is CCCCCc1ccc(C(F)=C(F)c2ccc(C#Cc3ccc(N=C=S)c(F)c3)cc2)cc1. The lowest BCUT2D eigenvalue weighted by atomic mass is 10.0. The van der Waals surface area contributed by atoms with Gasteiger partial charge in [-0.05, 0) is 61.0 Å². The van der Waals surface area contributed by atoms with Crippen LogP contribution in [0.1, 0.15) is 54.0 Å². The Kier molecular flexibility index (Phi) is 8.78. The number of thiocarbonyl (C=S) groups is 1. The Morgan fingerprint density at radius 1 is 0.818 bits per heavy atom. The molecule has 0 amide bonds. The van der Waals surface area contributed by atoms with Gasteiger partial charge in [0.1, 0.15) is 5.69 Å². The van der Waals surface area contributed by atoms with Crippen LogP contribution in [0.5, 0.6) is 0 Å². The maximum Gasteiger partial charge on any atom is 0.166 e. The molecule has 0 aliphatic carbocycles. The van der Waals surface area contributed by atoms with Gasteiger partial charge in [-0.3, -0.25) is 0 Å². The van der Waals surface area contributed by atoms with Crippen molar-refractivity contribution in [1.82, 2.24) is 0 Å². The third kappa shape index (κ3) is 6.76. The molecule has 3 aromatic carbocycles. The van der Waals surface area contributed by atoms with E-state index in [0.717, 1.165) is 31.2 Å². The van der Waals surface area contributed by atoms with E-state index in [4.69, 9.17) is 0 Å². The molecular weight excluding hydrogens is 439 g/mol. The molecule has 3 aromatic rings. The van der Waals surface area contributed by atoms with Gasteiger partial charge in [0, 0.05) is 22.3 Å². The molecule has 0 saturated carbocycles. The Morgan fingerprint density at radius 2 is 1.39 bits per heavy atom. The van der Waals surface area contributed by atoms with Gasteiger partial charge >= 0.3 is 0 Å². The van der Waals surface area contributed by atoms with Crippen molar-refractivity contribution in [2.24, 2.45) is 4.99 Å². The summed E-state index contributed by atoms with van der Waals surface area (Å²) >= 11 is 4.47. The number of nitrogens with zero attached hydrogens (tertiary/aromatic N) is 1. The van der Waals surface area contributed by atoms with E-state index in [1.807, 2.05) is 12.1 Å². The fourth-order valence-electron chi connectivity index (χ4n) is 3.22. The fraction of sp³-hybridized carbons (Fsp3) is 0.179. The molecule has 0 aliphatic heterocycles. The minimum atomic E-state index is -0.926. The van der Waals surface area contributed by atoms with Crippen LogP contribution in [-0.4, -0.2) is 5.16 Å². The summed E-state index contributed by atoms with van der Waals surface area (Å²) in [4.78, 5) is 3.62. The number of hydrogen-bond acceptors (Lipinski definition) is 2. The quantitative estimate of drug-likeness (QED) is 0.113. The van der Waals surface area contributed by atoms with Crippen molar-refractivity contribution < 1.29 is 13.2 Å². The molecule has 33 heavy (non-hydrogen) atoms. The van der Waals surface area contributed by atoms with Crippen LogP contribution < -0.4 is 0 Å². The molecule has 0 radical (unpaired) electrons. The first-order chi connectivity index (χ1) is 16.0. The fourth-order valence-corrected chi connectivity index (χ4v) is 3.32. The van der Waals surface area contributed by atoms with Crippen LogP contribution in [0.2, 0.25) is 0 Å². The number of isothiocyanates is 1. The molecule has 0 fully saturated rings. The summed E-state index contributed by atoms with van der Waals surface area (Å²) in [6.07, 6.45) is 4.31. The lowest BCUT2D eigenvalue weighted by Crippen LogP contribution is -1.88. The maximum absolute atomic E-state index is 14.7. The van der Waals surface area contributed by atoms with Gasteiger partial charge in [-0.2, -0.15) is 4.99 Å². The van der Waals surface area contributed by atoms with Crippen molar-refractivity contribution in [3.8, 4) is 11.8 Å². The van der Waals surface area contributed by atoms with Crippen LogP contribution in [0, 0.1) is 17.7 Å². The monoisotopic (exact) mass is 461 g/mol. The summed E-state index contributed by atoms with van der Waals surface area (Å²) in [5.41, 5.74) is 2.58. The summed E-state index contributed by atoms with van der Waals surface area (Å²) < 4.78 is 43.2. The van der Waals surface area contributed by atoms with Crippen LogP contribution in [0.3, 0.4) is 0 Å². The highest BCUT2D eigenvalue weighted by Gasteiger charge is 2.11. The first kappa shape index (κ1) is 24.2. The second-order valence-electron chi connectivity index (χ2n) is 7.48. The standard InChI is InChI=1S/C28H22F3NS/c1-2-3-4-5-20-8-13-23(14-9-20)27(30)28(31)24-15-10-21(11-16-24)6-7-22-12-17-26(32-19-33)25(29)18-22/h8-18H,2-5H2,1H3. The predicted molar refractivity (Wildman–Crippen MR) is 132 cm³/mol. The summed E-state index contributed by atoms with van der Waals surface area (Å²) in [6, 6.07) is 17.3. The van der Waals surface area contributed by atoms with E-state index >= 15 is 0 Å². The molecule has 3 rings (SSSR count). The minimum absolute atomic E-state index is 0.0929. The lowest BCUT2D eigenvalue weighted by Gasteiger charge is -2.05. The molecule has 0 aromatic heterocycles. The second kappa shape index (κ2) is 12.0. The van der Waals surface area contributed by atoms with E-state index in [2.05, 4.69) is 41.1 Å². The number of unbranched alkanes of at least 4 members (excludes halogenated alkanes) is 2. The van der Waals surface area contributed by atoms with Crippen LogP contribution in [-0.2, 0) is 6.42 Å². The summed E-state index contributed by atoms with van der Waals surface area (Å²) in [5.74, 6) is 3.34. The Labute approximate surface area is 197 Å². The molecule has 0 spiro atoms. The third-order valence-corrected chi connectivity index (χ3v) is 5.16. The van der Waals surface area contributed by atoms with Gasteiger partial charge in [-0.15, -0.1) is 0 Å². The van der Waals surface area contributed by atoms with E-state index in [1.54, 1.807) is 30.3 Å². The molecular formula is C28H22F3NS. The number of halogens is 3. The van der Waals surface area contributed by atoms with Crippen molar-refractivity contribution in [2.45, 2.75) is 32.6 Å². The lowest BCUT2D eigenvalue weighted by molar-refractivity contribution is 0.629. The Morgan fingerprint density at radius 3 is 1.97 bits per heavy atom. The second-order valence-corrected chi connectivity index (χ2v) is 7.66. The first-order valence-corrected chi connectivity index (χ1v) is 11.1. The Balaban J connectivity index is 1.73. The van der Waals surface area contributed by atoms with Crippen molar-refractivity contribution >= 4 is 34.7 Å². The van der Waals surface area contributed by atoms with Gasteiger partial charge in [0.15, 0.2) is 17.5 Å². The molecule has 0 atom stereocenters. The van der Waals surface area contributed by atoms with E-state index in [9.17, 15) is 13.2 Å². The number of aliphatic imine (C=N–C) groups is 1. The van der Waals surface area contributed by atoms with Crippen molar-refractivity contribution in [3.63, 3.8) is 0 Å². The van der Waals surface area contributed by atoms with E-state index in [-0.39, 0.29) is 16.8 Å². The zero-order valence-corrected chi connectivity index (χ0v) is 19.0. The third-order valence-electron chi connectivity index (χ3n) is 5.07. The predicted octanol–water partition coefficient (Wildman–Crippen LogP) is 8.46. The first-order valence-electron chi connectivity index (χ1n) is 10.7. The van der Waals surface area contributed by atoms with Gasteiger partial charge in [0.05, 0.1) is 5.16 Å². The maximum atomic E-state index is 14.7. The van der Waals surface area contributed by atoms with Gasteiger partial charge in [-0.25, -0.2) is 13.2 Å². The highest BCUT2D eigenvalue weighted by molar-refractivity contribution is 7.78. The molecule has 0 saturated heterocycles. The van der Waals surface area contributed by atoms with Crippen LogP contribution in [0.4, 0.5) is 18.9 Å². The Hall–Kier alpha value is -3.45. The molecule has 0 unspecified atom stereocenters. The normalized spacial score (nSPS) is 11.2. The van der Waals surface area contributed by atoms with Crippen molar-refractivity contribution in [1.29, 1.82) is 0 Å². The molecule has 0 bridgehead atoms. The zero-order chi connectivity index (χ0) is 23.6. The van der Waals surface area contributed by atoms with Crippen molar-refractivity contribution in [3.05, 3.63) is 100 Å². The van der Waals surface area contributed by atoms with E-state index in [0.29, 0.717) is 11.1 Å².